The number of aromatic nitrogens is 2. The average Bonchev–Trinajstić information content (AvgIpc) is 3.05. The fourth-order valence-electron chi connectivity index (χ4n) is 1.99. The highest BCUT2D eigenvalue weighted by molar-refractivity contribution is 8.01. The molecule has 0 saturated carbocycles. The van der Waals surface area contributed by atoms with Gasteiger partial charge in [0, 0.05) is 11.4 Å². The van der Waals surface area contributed by atoms with Gasteiger partial charge in [0.1, 0.15) is 5.75 Å². The largest absolute Gasteiger partial charge is 0.480 e. The molecule has 2 heterocycles. The molecule has 0 bridgehead atoms. The van der Waals surface area contributed by atoms with E-state index in [-0.39, 0.29) is 5.91 Å². The van der Waals surface area contributed by atoms with E-state index >= 15 is 0 Å². The van der Waals surface area contributed by atoms with Gasteiger partial charge < -0.3 is 4.74 Å². The number of amides is 1. The minimum Gasteiger partial charge on any atom is -0.480 e. The van der Waals surface area contributed by atoms with Crippen LogP contribution < -0.4 is 10.1 Å². The van der Waals surface area contributed by atoms with Crippen molar-refractivity contribution in [2.75, 3.05) is 11.1 Å². The van der Waals surface area contributed by atoms with Crippen LogP contribution in [0.25, 0.3) is 0 Å². The molecule has 5 nitrogen and oxygen atoms in total. The van der Waals surface area contributed by atoms with E-state index in [1.165, 1.54) is 11.3 Å². The number of benzene rings is 1. The van der Waals surface area contributed by atoms with Crippen molar-refractivity contribution in [3.8, 4) is 5.75 Å². The van der Waals surface area contributed by atoms with Crippen LogP contribution >= 0.6 is 34.7 Å². The fraction of sp³-hybridized carbons (Fsp3) is 0.308. The van der Waals surface area contributed by atoms with Crippen LogP contribution in [0.1, 0.15) is 12.5 Å². The lowest BCUT2D eigenvalue weighted by molar-refractivity contribution is -0.122. The minimum atomic E-state index is -0.551. The summed E-state index contributed by atoms with van der Waals surface area (Å²) in [5, 5.41) is 11.8. The summed E-state index contributed by atoms with van der Waals surface area (Å²) >= 11 is 8.90. The van der Waals surface area contributed by atoms with Crippen LogP contribution in [-0.2, 0) is 11.2 Å². The monoisotopic (exact) mass is 341 g/mol. The molecule has 1 aliphatic heterocycles. The van der Waals surface area contributed by atoms with Gasteiger partial charge in [-0.2, -0.15) is 0 Å². The Morgan fingerprint density at radius 1 is 1.57 bits per heavy atom. The average molecular weight is 342 g/mol. The molecule has 110 valence electrons. The molecule has 0 unspecified atom stereocenters. The molecule has 0 saturated heterocycles. The maximum absolute atomic E-state index is 12.2. The molecule has 2 aromatic rings. The Morgan fingerprint density at radius 2 is 2.43 bits per heavy atom. The van der Waals surface area contributed by atoms with Crippen molar-refractivity contribution in [1.29, 1.82) is 0 Å². The first kappa shape index (κ1) is 14.6. The van der Waals surface area contributed by atoms with Crippen LogP contribution in [0.2, 0.25) is 5.02 Å². The van der Waals surface area contributed by atoms with Crippen molar-refractivity contribution in [2.24, 2.45) is 0 Å². The Hall–Kier alpha value is -1.31. The van der Waals surface area contributed by atoms with Crippen LogP contribution in [0.3, 0.4) is 0 Å². The smallest absolute Gasteiger partial charge is 0.267 e. The van der Waals surface area contributed by atoms with Gasteiger partial charge in [-0.25, -0.2) is 0 Å². The van der Waals surface area contributed by atoms with Crippen molar-refractivity contribution in [2.45, 2.75) is 23.8 Å². The summed E-state index contributed by atoms with van der Waals surface area (Å²) in [4.78, 5) is 12.2. The summed E-state index contributed by atoms with van der Waals surface area (Å²) in [7, 11) is 0. The Morgan fingerprint density at radius 3 is 3.24 bits per heavy atom. The van der Waals surface area contributed by atoms with E-state index in [1.54, 1.807) is 23.9 Å². The summed E-state index contributed by atoms with van der Waals surface area (Å²) in [5.74, 6) is 1.41. The van der Waals surface area contributed by atoms with Gasteiger partial charge in [-0.05, 0) is 29.5 Å². The number of ether oxygens (including phenoxy) is 1. The van der Waals surface area contributed by atoms with E-state index in [9.17, 15) is 4.79 Å². The molecule has 0 radical (unpaired) electrons. The highest BCUT2D eigenvalue weighted by Gasteiger charge is 2.29. The van der Waals surface area contributed by atoms with Gasteiger partial charge >= 0.3 is 0 Å². The van der Waals surface area contributed by atoms with Gasteiger partial charge in [-0.3, -0.25) is 10.1 Å². The Balaban J connectivity index is 1.64. The molecular weight excluding hydrogens is 330 g/mol. The molecule has 0 fully saturated rings. The highest BCUT2D eigenvalue weighted by atomic mass is 35.5. The lowest BCUT2D eigenvalue weighted by atomic mass is 10.1. The first-order valence-electron chi connectivity index (χ1n) is 6.38. The van der Waals surface area contributed by atoms with Crippen LogP contribution in [0, 0.1) is 0 Å². The van der Waals surface area contributed by atoms with Crippen molar-refractivity contribution in [1.82, 2.24) is 10.2 Å². The fourth-order valence-corrected chi connectivity index (χ4v) is 3.84. The predicted molar refractivity (Wildman–Crippen MR) is 84.5 cm³/mol. The van der Waals surface area contributed by atoms with E-state index in [4.69, 9.17) is 16.3 Å². The number of hydrogen-bond acceptors (Lipinski definition) is 6. The van der Waals surface area contributed by atoms with Crippen molar-refractivity contribution in [3.63, 3.8) is 0 Å². The first-order chi connectivity index (χ1) is 10.2. The second-order valence-electron chi connectivity index (χ2n) is 4.36. The number of rotatable bonds is 4. The highest BCUT2D eigenvalue weighted by Crippen LogP contribution is 2.32. The van der Waals surface area contributed by atoms with Gasteiger partial charge in [0.25, 0.3) is 5.91 Å². The van der Waals surface area contributed by atoms with Crippen LogP contribution in [0.4, 0.5) is 5.13 Å². The number of hydrogen-bond donors (Lipinski definition) is 1. The summed E-state index contributed by atoms with van der Waals surface area (Å²) in [6.07, 6.45) is -0.0402. The van der Waals surface area contributed by atoms with Gasteiger partial charge in [-0.1, -0.05) is 41.6 Å². The molecule has 1 atom stereocenters. The zero-order chi connectivity index (χ0) is 14.8. The van der Waals surface area contributed by atoms with E-state index in [2.05, 4.69) is 15.5 Å². The molecule has 3 rings (SSSR count). The SMILES string of the molecule is CCSc1nnc(NC(=O)[C@@H]2Cc3cc(Cl)ccc3O2)s1. The van der Waals surface area contributed by atoms with Crippen molar-refractivity contribution < 1.29 is 9.53 Å². The van der Waals surface area contributed by atoms with Crippen LogP contribution in [0.15, 0.2) is 22.5 Å². The number of carbonyl (C=O) groups is 1. The second-order valence-corrected chi connectivity index (χ2v) is 7.28. The molecule has 1 amide bonds. The van der Waals surface area contributed by atoms with E-state index in [1.807, 2.05) is 13.0 Å². The van der Waals surface area contributed by atoms with Gasteiger partial charge in [0.15, 0.2) is 10.4 Å². The lowest BCUT2D eigenvalue weighted by Gasteiger charge is -2.08. The number of nitrogens with zero attached hydrogens (tertiary/aromatic N) is 2. The van der Waals surface area contributed by atoms with Crippen LogP contribution in [0.5, 0.6) is 5.75 Å². The van der Waals surface area contributed by atoms with Gasteiger partial charge in [0.05, 0.1) is 0 Å². The second kappa shape index (κ2) is 6.21. The summed E-state index contributed by atoms with van der Waals surface area (Å²) in [6, 6.07) is 5.36. The maximum atomic E-state index is 12.2. The molecule has 21 heavy (non-hydrogen) atoms. The summed E-state index contributed by atoms with van der Waals surface area (Å²) in [6.45, 7) is 2.04. The Labute approximate surface area is 135 Å². The third-order valence-corrected chi connectivity index (χ3v) is 4.98. The van der Waals surface area contributed by atoms with Gasteiger partial charge in [-0.15, -0.1) is 10.2 Å². The predicted octanol–water partition coefficient (Wildman–Crippen LogP) is 3.25. The minimum absolute atomic E-state index is 0.216. The molecule has 1 aromatic carbocycles. The van der Waals surface area contributed by atoms with E-state index in [0.29, 0.717) is 22.3 Å². The first-order valence-corrected chi connectivity index (χ1v) is 8.56. The zero-order valence-corrected chi connectivity index (χ0v) is 13.5. The normalized spacial score (nSPS) is 16.4. The van der Waals surface area contributed by atoms with Crippen LogP contribution in [-0.4, -0.2) is 28.0 Å². The third-order valence-electron chi connectivity index (χ3n) is 2.89. The summed E-state index contributed by atoms with van der Waals surface area (Å²) < 4.78 is 6.47. The Kier molecular flexibility index (Phi) is 4.32. The number of carbonyl (C=O) groups excluding carboxylic acids is 1. The molecular formula is C13H12ClN3O2S2. The molecule has 8 heteroatoms. The standard InChI is InChI=1S/C13H12ClN3O2S2/c1-2-20-13-17-16-12(21-13)15-11(18)10-6-7-5-8(14)3-4-9(7)19-10/h3-5,10H,2,6H2,1H3,(H,15,16,18)/t10-/m0/s1. The lowest BCUT2D eigenvalue weighted by Crippen LogP contribution is -2.31. The Bertz CT molecular complexity index is 677. The number of anilines is 1. The molecule has 0 aliphatic carbocycles. The number of fused-ring (bicyclic) bond motifs is 1. The third kappa shape index (κ3) is 3.30. The number of nitrogens with one attached hydrogen (secondary N) is 1. The molecule has 1 aromatic heterocycles. The molecule has 1 N–H and O–H groups in total. The molecule has 1 aliphatic rings. The topological polar surface area (TPSA) is 64.1 Å². The van der Waals surface area contributed by atoms with Gasteiger partial charge in [0.2, 0.25) is 5.13 Å². The van der Waals surface area contributed by atoms with Crippen molar-refractivity contribution in [3.05, 3.63) is 28.8 Å². The van der Waals surface area contributed by atoms with E-state index in [0.717, 1.165) is 15.7 Å². The van der Waals surface area contributed by atoms with Crippen molar-refractivity contribution >= 4 is 45.7 Å². The molecule has 0 spiro atoms. The zero-order valence-electron chi connectivity index (χ0n) is 11.1. The summed E-state index contributed by atoms with van der Waals surface area (Å²) in [5.41, 5.74) is 0.946. The quantitative estimate of drug-likeness (QED) is 0.683. The maximum Gasteiger partial charge on any atom is 0.267 e. The number of thioether (sulfide) groups is 1. The number of halogens is 1. The van der Waals surface area contributed by atoms with E-state index < -0.39 is 6.10 Å².